The van der Waals surface area contributed by atoms with Gasteiger partial charge in [-0.25, -0.2) is 9.37 Å². The van der Waals surface area contributed by atoms with E-state index in [1.807, 2.05) is 30.6 Å². The second-order valence-electron chi connectivity index (χ2n) is 7.30. The van der Waals surface area contributed by atoms with E-state index in [2.05, 4.69) is 26.3 Å². The van der Waals surface area contributed by atoms with Crippen LogP contribution < -0.4 is 10.2 Å². The number of aromatic amines is 1. The molecule has 1 saturated heterocycles. The number of halogens is 1. The monoisotopic (exact) mass is 387 g/mol. The molecule has 2 aromatic heterocycles. The molecule has 0 spiro atoms. The molecular weight excluding hydrogens is 365 g/mol. The Labute approximate surface area is 168 Å². The van der Waals surface area contributed by atoms with Crippen molar-refractivity contribution in [2.45, 2.75) is 6.42 Å². The van der Waals surface area contributed by atoms with Crippen molar-refractivity contribution in [2.24, 2.45) is 0 Å². The minimum Gasteiger partial charge on any atom is -0.361 e. The Morgan fingerprint density at radius 2 is 1.90 bits per heavy atom. The van der Waals surface area contributed by atoms with E-state index < -0.39 is 0 Å². The van der Waals surface area contributed by atoms with Gasteiger partial charge < -0.3 is 15.2 Å². The van der Waals surface area contributed by atoms with Gasteiger partial charge in [0.25, 0.3) is 0 Å². The fourth-order valence-corrected chi connectivity index (χ4v) is 3.90. The Bertz CT molecular complexity index is 1140. The van der Waals surface area contributed by atoms with Gasteiger partial charge in [0.2, 0.25) is 0 Å². The molecule has 2 aromatic carbocycles. The Balaban J connectivity index is 1.55. The third kappa shape index (κ3) is 3.47. The van der Waals surface area contributed by atoms with Gasteiger partial charge in [-0.3, -0.25) is 4.98 Å². The molecule has 0 atom stereocenters. The van der Waals surface area contributed by atoms with Crippen molar-refractivity contribution >= 4 is 16.7 Å². The predicted octanol–water partition coefficient (Wildman–Crippen LogP) is 4.23. The molecule has 5 rings (SSSR count). The van der Waals surface area contributed by atoms with Gasteiger partial charge in [0.15, 0.2) is 0 Å². The van der Waals surface area contributed by atoms with E-state index >= 15 is 0 Å². The summed E-state index contributed by atoms with van der Waals surface area (Å²) in [5.74, 6) is 0.671. The fraction of sp³-hybridized carbons (Fsp3) is 0.217. The molecule has 0 radical (unpaired) electrons. The van der Waals surface area contributed by atoms with Crippen molar-refractivity contribution < 1.29 is 4.39 Å². The zero-order chi connectivity index (χ0) is 19.6. The van der Waals surface area contributed by atoms with E-state index in [0.29, 0.717) is 5.56 Å². The summed E-state index contributed by atoms with van der Waals surface area (Å²) in [6.45, 7) is 3.88. The number of nitrogens with one attached hydrogen (secondary N) is 2. The fourth-order valence-electron chi connectivity index (χ4n) is 3.90. The van der Waals surface area contributed by atoms with Crippen LogP contribution in [-0.2, 0) is 0 Å². The first-order chi connectivity index (χ1) is 14.3. The number of hydrogen-bond acceptors (Lipinski definition) is 4. The molecule has 0 aliphatic carbocycles. The summed E-state index contributed by atoms with van der Waals surface area (Å²) in [6, 6.07) is 13.0. The van der Waals surface area contributed by atoms with Crippen molar-refractivity contribution in [3.05, 3.63) is 66.9 Å². The minimum absolute atomic E-state index is 0.227. The van der Waals surface area contributed by atoms with Crippen molar-refractivity contribution in [1.82, 2.24) is 20.3 Å². The Kier molecular flexibility index (Phi) is 4.69. The number of fused-ring (bicyclic) bond motifs is 1. The molecule has 0 bridgehead atoms. The summed E-state index contributed by atoms with van der Waals surface area (Å²) >= 11 is 0. The summed E-state index contributed by atoms with van der Waals surface area (Å²) in [5, 5.41) is 4.38. The minimum atomic E-state index is -0.227. The summed E-state index contributed by atoms with van der Waals surface area (Å²) in [6.07, 6.45) is 6.57. The van der Waals surface area contributed by atoms with Crippen LogP contribution in [0.15, 0.2) is 61.1 Å². The number of nitrogens with zero attached hydrogens (tertiary/aromatic N) is 3. The number of benzene rings is 2. The predicted molar refractivity (Wildman–Crippen MR) is 114 cm³/mol. The zero-order valence-corrected chi connectivity index (χ0v) is 16.0. The number of H-pyrrole nitrogens is 1. The third-order valence-corrected chi connectivity index (χ3v) is 5.43. The molecule has 0 amide bonds. The third-order valence-electron chi connectivity index (χ3n) is 5.43. The lowest BCUT2D eigenvalue weighted by molar-refractivity contribution is 0.631. The van der Waals surface area contributed by atoms with E-state index in [4.69, 9.17) is 4.98 Å². The van der Waals surface area contributed by atoms with Crippen LogP contribution in [0, 0.1) is 5.82 Å². The number of aromatic nitrogens is 3. The van der Waals surface area contributed by atoms with Gasteiger partial charge in [-0.15, -0.1) is 0 Å². The SMILES string of the molecule is Fc1ccccc1-c1c[nH]c2ccc(-c3cncc(N4CCCNCC4)n3)cc12. The summed E-state index contributed by atoms with van der Waals surface area (Å²) in [4.78, 5) is 14.8. The quantitative estimate of drug-likeness (QED) is 0.552. The average Bonchev–Trinajstić information content (AvgIpc) is 2.98. The van der Waals surface area contributed by atoms with Crippen LogP contribution in [0.25, 0.3) is 33.3 Å². The van der Waals surface area contributed by atoms with E-state index in [1.54, 1.807) is 18.3 Å². The van der Waals surface area contributed by atoms with Crippen molar-refractivity contribution in [2.75, 3.05) is 31.1 Å². The van der Waals surface area contributed by atoms with Crippen molar-refractivity contribution in [1.29, 1.82) is 0 Å². The van der Waals surface area contributed by atoms with Crippen LogP contribution in [0.5, 0.6) is 0 Å². The van der Waals surface area contributed by atoms with Gasteiger partial charge in [-0.05, 0) is 31.2 Å². The summed E-state index contributed by atoms with van der Waals surface area (Å²) in [7, 11) is 0. The molecule has 6 heteroatoms. The second kappa shape index (κ2) is 7.64. The van der Waals surface area contributed by atoms with Gasteiger partial charge in [0.1, 0.15) is 11.6 Å². The molecule has 146 valence electrons. The molecule has 1 aliphatic rings. The number of hydrogen-bond donors (Lipinski definition) is 2. The molecule has 4 aromatic rings. The first-order valence-corrected chi connectivity index (χ1v) is 9.94. The first-order valence-electron chi connectivity index (χ1n) is 9.94. The highest BCUT2D eigenvalue weighted by molar-refractivity contribution is 5.97. The van der Waals surface area contributed by atoms with Crippen LogP contribution >= 0.6 is 0 Å². The summed E-state index contributed by atoms with van der Waals surface area (Å²) in [5.41, 5.74) is 4.20. The maximum absolute atomic E-state index is 14.3. The molecule has 1 fully saturated rings. The Hall–Kier alpha value is -3.25. The normalized spacial score (nSPS) is 14.9. The van der Waals surface area contributed by atoms with Gasteiger partial charge in [-0.1, -0.05) is 24.3 Å². The van der Waals surface area contributed by atoms with Crippen LogP contribution in [0.4, 0.5) is 10.2 Å². The van der Waals surface area contributed by atoms with Crippen molar-refractivity contribution in [3.63, 3.8) is 0 Å². The number of rotatable bonds is 3. The van der Waals surface area contributed by atoms with E-state index in [0.717, 1.165) is 66.1 Å². The highest BCUT2D eigenvalue weighted by Crippen LogP contribution is 2.33. The molecule has 0 unspecified atom stereocenters. The van der Waals surface area contributed by atoms with Gasteiger partial charge in [-0.2, -0.15) is 0 Å². The lowest BCUT2D eigenvalue weighted by Crippen LogP contribution is -2.28. The molecule has 1 aliphatic heterocycles. The van der Waals surface area contributed by atoms with Crippen LogP contribution in [0.3, 0.4) is 0 Å². The van der Waals surface area contributed by atoms with Crippen molar-refractivity contribution in [3.8, 4) is 22.4 Å². The van der Waals surface area contributed by atoms with Crippen LogP contribution in [-0.4, -0.2) is 41.1 Å². The van der Waals surface area contributed by atoms with Crippen LogP contribution in [0.2, 0.25) is 0 Å². The molecular formula is C23H22FN5. The lowest BCUT2D eigenvalue weighted by atomic mass is 10.0. The topological polar surface area (TPSA) is 56.8 Å². The van der Waals surface area contributed by atoms with E-state index in [1.165, 1.54) is 6.07 Å². The zero-order valence-electron chi connectivity index (χ0n) is 16.0. The molecule has 0 saturated carbocycles. The highest BCUT2D eigenvalue weighted by atomic mass is 19.1. The average molecular weight is 387 g/mol. The van der Waals surface area contributed by atoms with Crippen LogP contribution in [0.1, 0.15) is 6.42 Å². The lowest BCUT2D eigenvalue weighted by Gasteiger charge is -2.21. The maximum atomic E-state index is 14.3. The number of anilines is 1. The van der Waals surface area contributed by atoms with Gasteiger partial charge in [0, 0.05) is 53.4 Å². The smallest absolute Gasteiger partial charge is 0.147 e. The Morgan fingerprint density at radius 1 is 0.966 bits per heavy atom. The molecule has 3 heterocycles. The van der Waals surface area contributed by atoms with Gasteiger partial charge in [0.05, 0.1) is 18.1 Å². The van der Waals surface area contributed by atoms with E-state index in [-0.39, 0.29) is 5.82 Å². The molecule has 5 nitrogen and oxygen atoms in total. The van der Waals surface area contributed by atoms with E-state index in [9.17, 15) is 4.39 Å². The largest absolute Gasteiger partial charge is 0.361 e. The molecule has 2 N–H and O–H groups in total. The first kappa shape index (κ1) is 17.8. The molecule has 29 heavy (non-hydrogen) atoms. The maximum Gasteiger partial charge on any atom is 0.147 e. The Morgan fingerprint density at radius 3 is 2.83 bits per heavy atom. The highest BCUT2D eigenvalue weighted by Gasteiger charge is 2.14. The second-order valence-corrected chi connectivity index (χ2v) is 7.30. The van der Waals surface area contributed by atoms with Gasteiger partial charge >= 0.3 is 0 Å². The summed E-state index contributed by atoms with van der Waals surface area (Å²) < 4.78 is 14.3. The standard InChI is InChI=1S/C23H22FN5/c24-20-5-2-1-4-17(20)19-13-27-21-7-6-16(12-18(19)21)22-14-26-15-23(28-22)29-10-3-8-25-9-11-29/h1-2,4-7,12-15,25,27H,3,8-11H2.